The number of phenols is 1. The summed E-state index contributed by atoms with van der Waals surface area (Å²) in [7, 11) is 1.37. The maximum absolute atomic E-state index is 12.8. The Morgan fingerprint density at radius 2 is 1.94 bits per heavy atom. The van der Waals surface area contributed by atoms with Crippen molar-refractivity contribution in [3.05, 3.63) is 51.6 Å². The van der Waals surface area contributed by atoms with Gasteiger partial charge in [0.25, 0.3) is 0 Å². The number of benzene rings is 1. The molecule has 0 radical (unpaired) electrons. The van der Waals surface area contributed by atoms with Gasteiger partial charge in [-0.2, -0.15) is 0 Å². The van der Waals surface area contributed by atoms with Gasteiger partial charge in [0.05, 0.1) is 13.0 Å². The molecule has 5 N–H and O–H groups in total. The van der Waals surface area contributed by atoms with Crippen LogP contribution in [0.1, 0.15) is 49.7 Å². The fraction of sp³-hybridized carbons (Fsp3) is 0.409. The van der Waals surface area contributed by atoms with E-state index in [2.05, 4.69) is 5.32 Å². The van der Waals surface area contributed by atoms with E-state index in [-0.39, 0.29) is 35.4 Å². The molecule has 2 aromatic rings. The van der Waals surface area contributed by atoms with Crippen LogP contribution in [0.3, 0.4) is 0 Å². The maximum Gasteiger partial charge on any atom is 0.240 e. The lowest BCUT2D eigenvalue weighted by molar-refractivity contribution is -0.128. The molecule has 0 saturated carbocycles. The van der Waals surface area contributed by atoms with E-state index in [1.807, 2.05) is 6.92 Å². The predicted octanol–water partition coefficient (Wildman–Crippen LogP) is 1.91. The zero-order valence-corrected chi connectivity index (χ0v) is 18.0. The number of primary amides is 1. The quantitative estimate of drug-likeness (QED) is 0.472. The molecule has 31 heavy (non-hydrogen) atoms. The molecule has 0 aliphatic carbocycles. The van der Waals surface area contributed by atoms with Crippen molar-refractivity contribution in [2.45, 2.75) is 45.6 Å². The minimum atomic E-state index is -0.896. The number of methoxy groups -OCH3 is 1. The molecule has 1 aromatic heterocycles. The number of ether oxygens (including phenoxy) is 1. The summed E-state index contributed by atoms with van der Waals surface area (Å²) in [6.07, 6.45) is 0.369. The van der Waals surface area contributed by atoms with Gasteiger partial charge in [-0.15, -0.1) is 0 Å². The van der Waals surface area contributed by atoms with E-state index in [4.69, 9.17) is 14.9 Å². The Balaban J connectivity index is 2.50. The molecule has 0 aliphatic heterocycles. The molecular formula is C22H28N2O7. The lowest BCUT2D eigenvalue weighted by atomic mass is 9.90. The lowest BCUT2D eigenvalue weighted by Crippen LogP contribution is -2.48. The van der Waals surface area contributed by atoms with Crippen LogP contribution in [0.15, 0.2) is 33.5 Å². The number of aryl methyl sites for hydroxylation is 1. The lowest BCUT2D eigenvalue weighted by Gasteiger charge is -2.23. The first-order valence-corrected chi connectivity index (χ1v) is 9.88. The van der Waals surface area contributed by atoms with Crippen LogP contribution < -0.4 is 21.2 Å². The van der Waals surface area contributed by atoms with Crippen LogP contribution >= 0.6 is 0 Å². The monoisotopic (exact) mass is 432 g/mol. The van der Waals surface area contributed by atoms with Crippen LogP contribution in [0.25, 0.3) is 0 Å². The molecule has 0 fully saturated rings. The van der Waals surface area contributed by atoms with Crippen molar-refractivity contribution in [3.8, 4) is 17.2 Å². The topological polar surface area (TPSA) is 152 Å². The van der Waals surface area contributed by atoms with E-state index >= 15 is 0 Å². The molecule has 9 heteroatoms. The zero-order valence-electron chi connectivity index (χ0n) is 18.0. The Kier molecular flexibility index (Phi) is 7.68. The molecule has 1 aromatic carbocycles. The van der Waals surface area contributed by atoms with Gasteiger partial charge in [0.15, 0.2) is 17.3 Å². The largest absolute Gasteiger partial charge is 0.504 e. The minimum absolute atomic E-state index is 0.105. The standard InChI is InChI=1S/C22H28N2O7/c1-5-11(2)19(22(23)29)24-18(27)10-14(13-6-7-15(25)17(9-13)30-4)21-20(28)16(26)8-12(3)31-21/h6-9,11,14,19,25,28H,5,10H2,1-4H3,(H2,23,29)(H,24,27). The first-order valence-electron chi connectivity index (χ1n) is 9.88. The number of rotatable bonds is 9. The van der Waals surface area contributed by atoms with Crippen LogP contribution in [0.4, 0.5) is 0 Å². The Labute approximate surface area is 179 Å². The first-order chi connectivity index (χ1) is 14.6. The highest BCUT2D eigenvalue weighted by atomic mass is 16.5. The summed E-state index contributed by atoms with van der Waals surface area (Å²) < 4.78 is 10.7. The molecule has 2 amide bonds. The Morgan fingerprint density at radius 1 is 1.26 bits per heavy atom. The third-order valence-corrected chi connectivity index (χ3v) is 5.22. The summed E-state index contributed by atoms with van der Waals surface area (Å²) in [4.78, 5) is 36.7. The van der Waals surface area contributed by atoms with Gasteiger partial charge in [-0.05, 0) is 30.5 Å². The van der Waals surface area contributed by atoms with Gasteiger partial charge in [0.2, 0.25) is 23.0 Å². The van der Waals surface area contributed by atoms with Crippen molar-refractivity contribution in [1.82, 2.24) is 5.32 Å². The van der Waals surface area contributed by atoms with Gasteiger partial charge in [0.1, 0.15) is 11.8 Å². The molecule has 168 valence electrons. The smallest absolute Gasteiger partial charge is 0.240 e. The van der Waals surface area contributed by atoms with Gasteiger partial charge >= 0.3 is 0 Å². The van der Waals surface area contributed by atoms with Crippen molar-refractivity contribution in [3.63, 3.8) is 0 Å². The normalized spacial score (nSPS) is 13.8. The second-order valence-electron chi connectivity index (χ2n) is 7.46. The van der Waals surface area contributed by atoms with E-state index in [1.54, 1.807) is 13.8 Å². The van der Waals surface area contributed by atoms with Crippen LogP contribution in [0.2, 0.25) is 0 Å². The summed E-state index contributed by atoms with van der Waals surface area (Å²) in [6, 6.07) is 4.65. The van der Waals surface area contributed by atoms with E-state index in [0.29, 0.717) is 12.0 Å². The third kappa shape index (κ3) is 5.56. The maximum atomic E-state index is 12.8. The summed E-state index contributed by atoms with van der Waals surface area (Å²) >= 11 is 0. The number of hydrogen-bond acceptors (Lipinski definition) is 7. The molecule has 9 nitrogen and oxygen atoms in total. The van der Waals surface area contributed by atoms with Crippen molar-refractivity contribution in [2.24, 2.45) is 11.7 Å². The Bertz CT molecular complexity index is 1020. The highest BCUT2D eigenvalue weighted by Gasteiger charge is 2.29. The van der Waals surface area contributed by atoms with Crippen LogP contribution in [0, 0.1) is 12.8 Å². The fourth-order valence-corrected chi connectivity index (χ4v) is 3.28. The van der Waals surface area contributed by atoms with E-state index in [9.17, 15) is 24.6 Å². The van der Waals surface area contributed by atoms with Gasteiger partial charge < -0.3 is 30.4 Å². The minimum Gasteiger partial charge on any atom is -0.504 e. The van der Waals surface area contributed by atoms with Crippen molar-refractivity contribution < 1.29 is 29.0 Å². The average molecular weight is 432 g/mol. The second-order valence-corrected chi connectivity index (χ2v) is 7.46. The average Bonchev–Trinajstić information content (AvgIpc) is 2.72. The molecule has 0 bridgehead atoms. The third-order valence-electron chi connectivity index (χ3n) is 5.22. The number of hydrogen-bond donors (Lipinski definition) is 4. The highest BCUT2D eigenvalue weighted by molar-refractivity contribution is 5.87. The van der Waals surface area contributed by atoms with Crippen LogP contribution in [-0.2, 0) is 9.59 Å². The number of aromatic hydroxyl groups is 2. The van der Waals surface area contributed by atoms with Crippen molar-refractivity contribution in [2.75, 3.05) is 7.11 Å². The Hall–Kier alpha value is -3.49. The van der Waals surface area contributed by atoms with Crippen LogP contribution in [0.5, 0.6) is 17.2 Å². The van der Waals surface area contributed by atoms with E-state index in [0.717, 1.165) is 6.07 Å². The van der Waals surface area contributed by atoms with E-state index in [1.165, 1.54) is 25.3 Å². The fourth-order valence-electron chi connectivity index (χ4n) is 3.28. The zero-order chi connectivity index (χ0) is 23.3. The van der Waals surface area contributed by atoms with Gasteiger partial charge in [-0.25, -0.2) is 0 Å². The van der Waals surface area contributed by atoms with Gasteiger partial charge in [0, 0.05) is 12.5 Å². The summed E-state index contributed by atoms with van der Waals surface area (Å²) in [5, 5.41) is 22.9. The summed E-state index contributed by atoms with van der Waals surface area (Å²) in [5.41, 5.74) is 5.24. The number of phenolic OH excluding ortho intramolecular Hbond substituents is 1. The van der Waals surface area contributed by atoms with Crippen molar-refractivity contribution in [1.29, 1.82) is 0 Å². The first kappa shape index (κ1) is 23.8. The van der Waals surface area contributed by atoms with E-state index < -0.39 is 35.0 Å². The summed E-state index contributed by atoms with van der Waals surface area (Å²) in [6.45, 7) is 5.21. The number of carbonyl (C=O) groups is 2. The molecule has 0 spiro atoms. The molecule has 0 aliphatic rings. The van der Waals surface area contributed by atoms with Gasteiger partial charge in [-0.1, -0.05) is 26.3 Å². The SMILES string of the molecule is CCC(C)C(NC(=O)CC(c1ccc(O)c(OC)c1)c1oc(C)cc(=O)c1O)C(N)=O. The second kappa shape index (κ2) is 10.0. The highest BCUT2D eigenvalue weighted by Crippen LogP contribution is 2.37. The van der Waals surface area contributed by atoms with Gasteiger partial charge in [-0.3, -0.25) is 14.4 Å². The molecular weight excluding hydrogens is 404 g/mol. The summed E-state index contributed by atoms with van der Waals surface area (Å²) in [5.74, 6) is -2.70. The predicted molar refractivity (Wildman–Crippen MR) is 113 cm³/mol. The number of nitrogens with two attached hydrogens (primary N) is 1. The van der Waals surface area contributed by atoms with Crippen LogP contribution in [-0.4, -0.2) is 35.2 Å². The molecule has 2 rings (SSSR count). The Morgan fingerprint density at radius 3 is 2.52 bits per heavy atom. The molecule has 0 saturated heterocycles. The molecule has 3 unspecified atom stereocenters. The molecule has 3 atom stereocenters. The number of carbonyl (C=O) groups excluding carboxylic acids is 2. The van der Waals surface area contributed by atoms with Crippen molar-refractivity contribution >= 4 is 11.8 Å². The number of nitrogens with one attached hydrogen (secondary N) is 1. The number of amides is 2. The molecule has 1 heterocycles.